The highest BCUT2D eigenvalue weighted by Gasteiger charge is 2.30. The number of carbonyl (C=O) groups is 1. The molecule has 0 radical (unpaired) electrons. The topological polar surface area (TPSA) is 51.8 Å². The summed E-state index contributed by atoms with van der Waals surface area (Å²) in [7, 11) is 0. The summed E-state index contributed by atoms with van der Waals surface area (Å²) in [5.41, 5.74) is 0.163. The van der Waals surface area contributed by atoms with E-state index >= 15 is 0 Å². The van der Waals surface area contributed by atoms with Gasteiger partial charge in [0.05, 0.1) is 5.56 Å². The Bertz CT molecular complexity index is 1160. The SMILES string of the molecule is O=C1OC(c2cccc(Br)c2)=NC1=Cc1ccc(-c2cccc(C(F)(F)F)c2)o1. The molecule has 2 aromatic carbocycles. The third-order valence-electron chi connectivity index (χ3n) is 4.07. The molecule has 4 rings (SSSR count). The predicted octanol–water partition coefficient (Wildman–Crippen LogP) is 6.07. The number of carbonyl (C=O) groups excluding carboxylic acids is 1. The normalized spacial score (nSPS) is 15.5. The molecule has 29 heavy (non-hydrogen) atoms. The highest BCUT2D eigenvalue weighted by molar-refractivity contribution is 9.10. The van der Waals surface area contributed by atoms with Crippen molar-refractivity contribution in [2.45, 2.75) is 6.18 Å². The number of rotatable bonds is 3. The van der Waals surface area contributed by atoms with Crippen LogP contribution in [0.1, 0.15) is 16.9 Å². The Morgan fingerprint density at radius 1 is 0.966 bits per heavy atom. The van der Waals surface area contributed by atoms with Crippen molar-refractivity contribution in [3.8, 4) is 11.3 Å². The molecule has 0 bridgehead atoms. The maximum atomic E-state index is 12.9. The summed E-state index contributed by atoms with van der Waals surface area (Å²) in [4.78, 5) is 16.3. The van der Waals surface area contributed by atoms with Gasteiger partial charge in [-0.25, -0.2) is 9.79 Å². The van der Waals surface area contributed by atoms with Crippen LogP contribution in [0.5, 0.6) is 0 Å². The first-order valence-corrected chi connectivity index (χ1v) is 9.15. The number of cyclic esters (lactones) is 1. The van der Waals surface area contributed by atoms with Gasteiger partial charge in [0.25, 0.3) is 0 Å². The smallest absolute Gasteiger partial charge is 0.416 e. The van der Waals surface area contributed by atoms with Crippen LogP contribution in [0.3, 0.4) is 0 Å². The number of ether oxygens (including phenoxy) is 1. The molecule has 0 aliphatic carbocycles. The molecule has 1 aliphatic heterocycles. The van der Waals surface area contributed by atoms with E-state index in [1.165, 1.54) is 24.3 Å². The second-order valence-corrected chi connectivity index (χ2v) is 7.04. The van der Waals surface area contributed by atoms with Gasteiger partial charge in [-0.15, -0.1) is 0 Å². The molecule has 0 amide bonds. The number of furan rings is 1. The molecule has 8 heteroatoms. The number of nitrogens with zero attached hydrogens (tertiary/aromatic N) is 1. The fourth-order valence-electron chi connectivity index (χ4n) is 2.72. The van der Waals surface area contributed by atoms with E-state index < -0.39 is 17.7 Å². The van der Waals surface area contributed by atoms with E-state index in [4.69, 9.17) is 9.15 Å². The quantitative estimate of drug-likeness (QED) is 0.351. The van der Waals surface area contributed by atoms with Gasteiger partial charge in [0.15, 0.2) is 5.70 Å². The lowest BCUT2D eigenvalue weighted by Gasteiger charge is -2.07. The molecular formula is C21H11BrF3NO3. The molecule has 0 N–H and O–H groups in total. The van der Waals surface area contributed by atoms with E-state index in [1.54, 1.807) is 24.3 Å². The molecule has 0 unspecified atom stereocenters. The van der Waals surface area contributed by atoms with E-state index in [2.05, 4.69) is 20.9 Å². The van der Waals surface area contributed by atoms with E-state index in [-0.39, 0.29) is 28.7 Å². The van der Waals surface area contributed by atoms with Gasteiger partial charge < -0.3 is 9.15 Å². The average molecular weight is 462 g/mol. The van der Waals surface area contributed by atoms with Crippen LogP contribution >= 0.6 is 15.9 Å². The van der Waals surface area contributed by atoms with Crippen LogP contribution < -0.4 is 0 Å². The Labute approximate surface area is 171 Å². The number of hydrogen-bond acceptors (Lipinski definition) is 4. The highest BCUT2D eigenvalue weighted by Crippen LogP contribution is 2.33. The molecule has 0 spiro atoms. The molecular weight excluding hydrogens is 451 g/mol. The van der Waals surface area contributed by atoms with Crippen LogP contribution in [0.4, 0.5) is 13.2 Å². The lowest BCUT2D eigenvalue weighted by Crippen LogP contribution is -2.05. The zero-order valence-corrected chi connectivity index (χ0v) is 16.1. The largest absolute Gasteiger partial charge is 0.457 e. The van der Waals surface area contributed by atoms with Crippen molar-refractivity contribution in [1.82, 2.24) is 0 Å². The van der Waals surface area contributed by atoms with Crippen molar-refractivity contribution in [2.75, 3.05) is 0 Å². The van der Waals surface area contributed by atoms with Crippen molar-refractivity contribution in [3.05, 3.63) is 87.7 Å². The molecule has 0 atom stereocenters. The van der Waals surface area contributed by atoms with E-state index in [0.29, 0.717) is 5.56 Å². The lowest BCUT2D eigenvalue weighted by molar-refractivity contribution is -0.137. The Balaban J connectivity index is 1.62. The molecule has 1 aliphatic rings. The summed E-state index contributed by atoms with van der Waals surface area (Å²) >= 11 is 3.34. The van der Waals surface area contributed by atoms with Gasteiger partial charge in [-0.3, -0.25) is 0 Å². The fourth-order valence-corrected chi connectivity index (χ4v) is 3.12. The Morgan fingerprint density at radius 2 is 1.72 bits per heavy atom. The number of esters is 1. The standard InChI is InChI=1S/C21H11BrF3NO3/c22-15-6-2-4-13(10-15)19-26-17(20(27)29-19)11-16-7-8-18(28-16)12-3-1-5-14(9-12)21(23,24)25/h1-11H. The number of aliphatic imine (C=N–C) groups is 1. The van der Waals surface area contributed by atoms with Crippen LogP contribution in [0.2, 0.25) is 0 Å². The van der Waals surface area contributed by atoms with Crippen molar-refractivity contribution in [3.63, 3.8) is 0 Å². The lowest BCUT2D eigenvalue weighted by atomic mass is 10.1. The van der Waals surface area contributed by atoms with E-state index in [9.17, 15) is 18.0 Å². The first-order valence-electron chi connectivity index (χ1n) is 8.35. The molecule has 3 aromatic rings. The summed E-state index contributed by atoms with van der Waals surface area (Å²) in [6.07, 6.45) is -3.07. The van der Waals surface area contributed by atoms with Crippen molar-refractivity contribution >= 4 is 33.9 Å². The maximum Gasteiger partial charge on any atom is 0.416 e. The molecule has 1 aromatic heterocycles. The first-order chi connectivity index (χ1) is 13.8. The van der Waals surface area contributed by atoms with Gasteiger partial charge >= 0.3 is 12.1 Å². The van der Waals surface area contributed by atoms with Gasteiger partial charge in [-0.2, -0.15) is 13.2 Å². The van der Waals surface area contributed by atoms with Crippen LogP contribution in [-0.4, -0.2) is 11.9 Å². The second kappa shape index (κ2) is 7.36. The number of benzene rings is 2. The van der Waals surface area contributed by atoms with Gasteiger partial charge in [-0.05, 0) is 42.5 Å². The van der Waals surface area contributed by atoms with Gasteiger partial charge in [0.1, 0.15) is 11.5 Å². The zero-order chi connectivity index (χ0) is 20.6. The summed E-state index contributed by atoms with van der Waals surface area (Å²) in [6, 6.07) is 15.0. The number of alkyl halides is 3. The van der Waals surface area contributed by atoms with Gasteiger partial charge in [0.2, 0.25) is 5.90 Å². The zero-order valence-electron chi connectivity index (χ0n) is 14.5. The van der Waals surface area contributed by atoms with Crippen molar-refractivity contribution < 1.29 is 27.1 Å². The molecule has 4 nitrogen and oxygen atoms in total. The number of halogens is 4. The van der Waals surface area contributed by atoms with Crippen LogP contribution in [0.25, 0.3) is 17.4 Å². The average Bonchev–Trinajstić information content (AvgIpc) is 3.29. The minimum absolute atomic E-state index is 0.0323. The summed E-state index contributed by atoms with van der Waals surface area (Å²) in [5, 5.41) is 0. The predicted molar refractivity (Wildman–Crippen MR) is 104 cm³/mol. The highest BCUT2D eigenvalue weighted by atomic mass is 79.9. The summed E-state index contributed by atoms with van der Waals surface area (Å²) in [5.74, 6) is 0.0262. The monoisotopic (exact) mass is 461 g/mol. The second-order valence-electron chi connectivity index (χ2n) is 6.13. The Morgan fingerprint density at radius 3 is 2.48 bits per heavy atom. The summed E-state index contributed by atoms with van der Waals surface area (Å²) in [6.45, 7) is 0. The molecule has 146 valence electrons. The Kier molecular flexibility index (Phi) is 4.87. The minimum Gasteiger partial charge on any atom is -0.457 e. The molecule has 0 saturated heterocycles. The third kappa shape index (κ3) is 4.17. The van der Waals surface area contributed by atoms with Crippen LogP contribution in [0, 0.1) is 0 Å². The Hall–Kier alpha value is -3.13. The summed E-state index contributed by atoms with van der Waals surface area (Å²) < 4.78 is 50.3. The minimum atomic E-state index is -4.45. The molecule has 0 fully saturated rings. The van der Waals surface area contributed by atoms with Crippen molar-refractivity contribution in [2.24, 2.45) is 4.99 Å². The van der Waals surface area contributed by atoms with Crippen LogP contribution in [0.15, 0.2) is 80.2 Å². The third-order valence-corrected chi connectivity index (χ3v) is 4.57. The first kappa shape index (κ1) is 19.2. The maximum absolute atomic E-state index is 12.9. The van der Waals surface area contributed by atoms with Crippen LogP contribution in [-0.2, 0) is 15.7 Å². The molecule has 0 saturated carbocycles. The number of hydrogen-bond donors (Lipinski definition) is 0. The van der Waals surface area contributed by atoms with Gasteiger partial charge in [-0.1, -0.05) is 34.1 Å². The molecule has 2 heterocycles. The van der Waals surface area contributed by atoms with E-state index in [0.717, 1.165) is 16.6 Å². The van der Waals surface area contributed by atoms with Crippen molar-refractivity contribution in [1.29, 1.82) is 0 Å². The van der Waals surface area contributed by atoms with Gasteiger partial charge in [0, 0.05) is 21.7 Å². The van der Waals surface area contributed by atoms with E-state index in [1.807, 2.05) is 6.07 Å². The fraction of sp³-hybridized carbons (Fsp3) is 0.0476.